The fourth-order valence-corrected chi connectivity index (χ4v) is 2.27. The lowest BCUT2D eigenvalue weighted by Crippen LogP contribution is -2.33. The summed E-state index contributed by atoms with van der Waals surface area (Å²) in [7, 11) is 0. The molecule has 0 heterocycles. The molecule has 4 nitrogen and oxygen atoms in total. The molecule has 0 spiro atoms. The largest absolute Gasteiger partial charge is 0.481 e. The molecule has 0 aliphatic heterocycles. The number of aliphatic carboxylic acids is 1. The SMILES string of the molecule is CC(C)C[C@H](CC(=O)O)NCCC/C=C/CCCCC=O. The smallest absolute Gasteiger partial charge is 0.304 e. The van der Waals surface area contributed by atoms with Crippen molar-refractivity contribution in [1.29, 1.82) is 0 Å². The van der Waals surface area contributed by atoms with E-state index < -0.39 is 5.97 Å². The first-order chi connectivity index (χ1) is 10.1. The summed E-state index contributed by atoms with van der Waals surface area (Å²) in [6.07, 6.45) is 12.2. The number of allylic oxidation sites excluding steroid dienone is 2. The lowest BCUT2D eigenvalue weighted by atomic mass is 10.0. The number of hydrogen-bond acceptors (Lipinski definition) is 3. The van der Waals surface area contributed by atoms with Crippen molar-refractivity contribution in [3.8, 4) is 0 Å². The van der Waals surface area contributed by atoms with Crippen LogP contribution in [0, 0.1) is 5.92 Å². The standard InChI is InChI=1S/C17H31NO3/c1-15(2)13-16(14-17(20)21)18-11-9-7-5-3-4-6-8-10-12-19/h3,5,12,15-16,18H,4,6-11,13-14H2,1-2H3,(H,20,21)/b5-3+/t16-/m1/s1. The average Bonchev–Trinajstić information content (AvgIpc) is 2.39. The second kappa shape index (κ2) is 13.8. The van der Waals surface area contributed by atoms with Crippen molar-refractivity contribution >= 4 is 12.3 Å². The fourth-order valence-electron chi connectivity index (χ4n) is 2.27. The molecule has 0 amide bonds. The molecule has 2 N–H and O–H groups in total. The lowest BCUT2D eigenvalue weighted by molar-refractivity contribution is -0.137. The summed E-state index contributed by atoms with van der Waals surface area (Å²) in [5, 5.41) is 12.2. The first-order valence-corrected chi connectivity index (χ1v) is 8.10. The summed E-state index contributed by atoms with van der Waals surface area (Å²) in [6.45, 7) is 5.09. The zero-order valence-corrected chi connectivity index (χ0v) is 13.5. The van der Waals surface area contributed by atoms with Gasteiger partial charge in [-0.25, -0.2) is 0 Å². The van der Waals surface area contributed by atoms with Crippen molar-refractivity contribution in [2.45, 2.75) is 71.3 Å². The van der Waals surface area contributed by atoms with Gasteiger partial charge in [-0.3, -0.25) is 4.79 Å². The average molecular weight is 297 g/mol. The molecule has 0 saturated heterocycles. The maximum Gasteiger partial charge on any atom is 0.304 e. The van der Waals surface area contributed by atoms with Gasteiger partial charge >= 0.3 is 5.97 Å². The molecule has 122 valence electrons. The van der Waals surface area contributed by atoms with Gasteiger partial charge in [-0.15, -0.1) is 0 Å². The van der Waals surface area contributed by atoms with Crippen LogP contribution in [0.25, 0.3) is 0 Å². The highest BCUT2D eigenvalue weighted by Gasteiger charge is 2.13. The van der Waals surface area contributed by atoms with E-state index in [1.165, 1.54) is 0 Å². The van der Waals surface area contributed by atoms with E-state index >= 15 is 0 Å². The molecule has 0 aromatic rings. The van der Waals surface area contributed by atoms with Gasteiger partial charge in [-0.05, 0) is 51.0 Å². The van der Waals surface area contributed by atoms with Gasteiger partial charge in [0.05, 0.1) is 6.42 Å². The van der Waals surface area contributed by atoms with E-state index in [2.05, 4.69) is 31.3 Å². The van der Waals surface area contributed by atoms with Crippen LogP contribution < -0.4 is 5.32 Å². The predicted octanol–water partition coefficient (Wildman–Crippen LogP) is 3.56. The minimum absolute atomic E-state index is 0.0785. The molecular weight excluding hydrogens is 266 g/mol. The van der Waals surface area contributed by atoms with Gasteiger partial charge in [0.25, 0.3) is 0 Å². The van der Waals surface area contributed by atoms with Crippen molar-refractivity contribution in [2.24, 2.45) is 5.92 Å². The van der Waals surface area contributed by atoms with Gasteiger partial charge < -0.3 is 15.2 Å². The number of carbonyl (C=O) groups excluding carboxylic acids is 1. The zero-order chi connectivity index (χ0) is 15.9. The van der Waals surface area contributed by atoms with E-state index in [-0.39, 0.29) is 12.5 Å². The fraction of sp³-hybridized carbons (Fsp3) is 0.765. The van der Waals surface area contributed by atoms with Gasteiger partial charge in [0.2, 0.25) is 0 Å². The van der Waals surface area contributed by atoms with Crippen molar-refractivity contribution in [1.82, 2.24) is 5.32 Å². The van der Waals surface area contributed by atoms with Crippen LogP contribution in [0.15, 0.2) is 12.2 Å². The first kappa shape index (κ1) is 19.8. The molecule has 4 heteroatoms. The Bertz CT molecular complexity index is 300. The Balaban J connectivity index is 3.62. The van der Waals surface area contributed by atoms with Gasteiger partial charge in [0.1, 0.15) is 6.29 Å². The Kier molecular flexibility index (Phi) is 13.0. The summed E-state index contributed by atoms with van der Waals surface area (Å²) in [4.78, 5) is 20.9. The predicted molar refractivity (Wildman–Crippen MR) is 86.4 cm³/mol. The maximum absolute atomic E-state index is 10.8. The number of unbranched alkanes of at least 4 members (excludes halogenated alkanes) is 4. The Hall–Kier alpha value is -1.16. The molecule has 0 aromatic heterocycles. The molecule has 0 unspecified atom stereocenters. The molecule has 0 bridgehead atoms. The number of carbonyl (C=O) groups is 2. The molecule has 1 atom stereocenters. The summed E-state index contributed by atoms with van der Waals surface area (Å²) in [5.74, 6) is -0.225. The van der Waals surface area contributed by atoms with E-state index in [4.69, 9.17) is 5.11 Å². The van der Waals surface area contributed by atoms with Crippen LogP contribution in [0.4, 0.5) is 0 Å². The Morgan fingerprint density at radius 2 is 1.71 bits per heavy atom. The van der Waals surface area contributed by atoms with E-state index in [0.717, 1.165) is 51.4 Å². The number of carboxylic acids is 1. The number of hydrogen-bond donors (Lipinski definition) is 2. The molecule has 0 fully saturated rings. The number of carboxylic acid groups (broad SMARTS) is 1. The summed E-state index contributed by atoms with van der Waals surface area (Å²) >= 11 is 0. The number of nitrogens with one attached hydrogen (secondary N) is 1. The second-order valence-electron chi connectivity index (χ2n) is 5.94. The monoisotopic (exact) mass is 297 g/mol. The van der Waals surface area contributed by atoms with Gasteiger partial charge in [-0.1, -0.05) is 26.0 Å². The minimum atomic E-state index is -0.733. The van der Waals surface area contributed by atoms with Gasteiger partial charge in [0.15, 0.2) is 0 Å². The highest BCUT2D eigenvalue weighted by atomic mass is 16.4. The van der Waals surface area contributed by atoms with Gasteiger partial charge in [0, 0.05) is 12.5 Å². The Labute approximate surface area is 129 Å². The van der Waals surface area contributed by atoms with Crippen LogP contribution in [0.1, 0.15) is 65.2 Å². The maximum atomic E-state index is 10.8. The van der Waals surface area contributed by atoms with Crippen LogP contribution >= 0.6 is 0 Å². The third kappa shape index (κ3) is 15.1. The highest BCUT2D eigenvalue weighted by Crippen LogP contribution is 2.08. The quantitative estimate of drug-likeness (QED) is 0.292. The summed E-state index contributed by atoms with van der Waals surface area (Å²) in [6, 6.07) is 0.0785. The molecule has 0 aromatic carbocycles. The van der Waals surface area contributed by atoms with E-state index in [9.17, 15) is 9.59 Å². The summed E-state index contributed by atoms with van der Waals surface area (Å²) < 4.78 is 0. The molecule has 0 aliphatic carbocycles. The van der Waals surface area contributed by atoms with Crippen LogP contribution in [0.3, 0.4) is 0 Å². The second-order valence-corrected chi connectivity index (χ2v) is 5.94. The van der Waals surface area contributed by atoms with Crippen molar-refractivity contribution in [3.05, 3.63) is 12.2 Å². The van der Waals surface area contributed by atoms with Crippen molar-refractivity contribution in [3.63, 3.8) is 0 Å². The summed E-state index contributed by atoms with van der Waals surface area (Å²) in [5.41, 5.74) is 0. The van der Waals surface area contributed by atoms with Crippen molar-refractivity contribution < 1.29 is 14.7 Å². The molecular formula is C17H31NO3. The lowest BCUT2D eigenvalue weighted by Gasteiger charge is -2.18. The van der Waals surface area contributed by atoms with Gasteiger partial charge in [-0.2, -0.15) is 0 Å². The molecule has 0 saturated carbocycles. The van der Waals surface area contributed by atoms with Crippen LogP contribution in [0.5, 0.6) is 0 Å². The number of aldehydes is 1. The van der Waals surface area contributed by atoms with E-state index in [0.29, 0.717) is 12.3 Å². The molecule has 21 heavy (non-hydrogen) atoms. The van der Waals surface area contributed by atoms with Crippen LogP contribution in [0.2, 0.25) is 0 Å². The third-order valence-electron chi connectivity index (χ3n) is 3.27. The number of rotatable bonds is 14. The van der Waals surface area contributed by atoms with E-state index in [1.54, 1.807) is 0 Å². The first-order valence-electron chi connectivity index (χ1n) is 8.10. The third-order valence-corrected chi connectivity index (χ3v) is 3.27. The molecule has 0 radical (unpaired) electrons. The minimum Gasteiger partial charge on any atom is -0.481 e. The normalized spacial score (nSPS) is 12.9. The highest BCUT2D eigenvalue weighted by molar-refractivity contribution is 5.67. The molecule has 0 rings (SSSR count). The zero-order valence-electron chi connectivity index (χ0n) is 13.5. The Morgan fingerprint density at radius 3 is 2.29 bits per heavy atom. The van der Waals surface area contributed by atoms with Crippen LogP contribution in [-0.2, 0) is 9.59 Å². The van der Waals surface area contributed by atoms with Crippen LogP contribution in [-0.4, -0.2) is 29.9 Å². The van der Waals surface area contributed by atoms with Crippen molar-refractivity contribution in [2.75, 3.05) is 6.54 Å². The molecule has 0 aliphatic rings. The topological polar surface area (TPSA) is 66.4 Å². The Morgan fingerprint density at radius 1 is 1.10 bits per heavy atom. The van der Waals surface area contributed by atoms with E-state index in [1.807, 2.05) is 0 Å².